The molecule has 8 heteroatoms. The summed E-state index contributed by atoms with van der Waals surface area (Å²) in [5.74, 6) is 0. The molecule has 1 fully saturated rings. The van der Waals surface area contributed by atoms with Gasteiger partial charge >= 0.3 is 10.3 Å². The summed E-state index contributed by atoms with van der Waals surface area (Å²) in [7, 11) is -3.76. The zero-order valence-electron chi connectivity index (χ0n) is 8.99. The Morgan fingerprint density at radius 2 is 1.62 bits per heavy atom. The first-order valence-electron chi connectivity index (χ1n) is 4.97. The van der Waals surface area contributed by atoms with Gasteiger partial charge in [-0.05, 0) is 12.8 Å². The average molecular weight is 311 g/mol. The SMILES string of the molecule is CCC1C(CC)N1S(=O)(=O)OCC(Cl)(Cl)Cl. The number of nitrogens with zero attached hydrogens (tertiary/aromatic N) is 1. The molecule has 0 spiro atoms. The molecule has 0 aliphatic carbocycles. The number of halogens is 3. The van der Waals surface area contributed by atoms with Gasteiger partial charge < -0.3 is 0 Å². The van der Waals surface area contributed by atoms with Crippen LogP contribution in [0.25, 0.3) is 0 Å². The molecule has 0 amide bonds. The molecule has 2 atom stereocenters. The van der Waals surface area contributed by atoms with Crippen LogP contribution < -0.4 is 0 Å². The standard InChI is InChI=1S/C8H14Cl3NO3S/c1-3-6-7(4-2)12(6)16(13,14)15-5-8(9,10)11/h6-7H,3-5H2,1-2H3. The maximum absolute atomic E-state index is 11.7. The molecule has 0 aromatic rings. The van der Waals surface area contributed by atoms with Crippen molar-refractivity contribution in [2.45, 2.75) is 42.6 Å². The van der Waals surface area contributed by atoms with E-state index in [4.69, 9.17) is 34.8 Å². The molecule has 1 aliphatic heterocycles. The summed E-state index contributed by atoms with van der Waals surface area (Å²) in [6.07, 6.45) is 1.52. The van der Waals surface area contributed by atoms with Gasteiger partial charge in [-0.1, -0.05) is 48.7 Å². The normalized spacial score (nSPS) is 30.4. The summed E-state index contributed by atoms with van der Waals surface area (Å²) < 4.78 is 27.7. The second kappa shape index (κ2) is 5.16. The minimum atomic E-state index is -3.76. The zero-order chi connectivity index (χ0) is 12.6. The van der Waals surface area contributed by atoms with Crippen LogP contribution in [0.5, 0.6) is 0 Å². The van der Waals surface area contributed by atoms with Crippen LogP contribution in [-0.2, 0) is 14.5 Å². The molecule has 0 N–H and O–H groups in total. The monoisotopic (exact) mass is 309 g/mol. The Balaban J connectivity index is 2.60. The highest BCUT2D eigenvalue weighted by Gasteiger charge is 2.53. The Kier molecular flexibility index (Phi) is 4.77. The molecule has 0 bridgehead atoms. The van der Waals surface area contributed by atoms with Crippen molar-refractivity contribution in [1.29, 1.82) is 0 Å². The molecule has 2 unspecified atom stereocenters. The second-order valence-electron chi connectivity index (χ2n) is 3.62. The van der Waals surface area contributed by atoms with Gasteiger partial charge in [-0.3, -0.25) is 4.18 Å². The van der Waals surface area contributed by atoms with E-state index >= 15 is 0 Å². The topological polar surface area (TPSA) is 46.4 Å². The van der Waals surface area contributed by atoms with Gasteiger partial charge in [-0.2, -0.15) is 12.7 Å². The van der Waals surface area contributed by atoms with Crippen LogP contribution in [0.4, 0.5) is 0 Å². The first kappa shape index (κ1) is 14.8. The van der Waals surface area contributed by atoms with Gasteiger partial charge in [-0.15, -0.1) is 0 Å². The highest BCUT2D eigenvalue weighted by atomic mass is 35.6. The Morgan fingerprint density at radius 1 is 1.19 bits per heavy atom. The third-order valence-electron chi connectivity index (χ3n) is 2.47. The molecule has 1 saturated heterocycles. The Hall–Kier alpha value is 0.740. The molecular weight excluding hydrogens is 297 g/mol. The van der Waals surface area contributed by atoms with Crippen molar-refractivity contribution in [3.8, 4) is 0 Å². The van der Waals surface area contributed by atoms with Crippen molar-refractivity contribution in [2.24, 2.45) is 0 Å². The zero-order valence-corrected chi connectivity index (χ0v) is 12.1. The molecule has 1 rings (SSSR count). The first-order valence-corrected chi connectivity index (χ1v) is 7.47. The molecule has 0 saturated carbocycles. The minimum absolute atomic E-state index is 0.0189. The van der Waals surface area contributed by atoms with Crippen LogP contribution in [0, 0.1) is 0 Å². The maximum atomic E-state index is 11.7. The molecule has 1 heterocycles. The van der Waals surface area contributed by atoms with E-state index in [9.17, 15) is 8.42 Å². The lowest BCUT2D eigenvalue weighted by Gasteiger charge is -2.12. The Morgan fingerprint density at radius 3 is 1.94 bits per heavy atom. The molecule has 0 aromatic heterocycles. The summed E-state index contributed by atoms with van der Waals surface area (Å²) in [4.78, 5) is 0. The lowest BCUT2D eigenvalue weighted by Crippen LogP contribution is -2.24. The minimum Gasteiger partial charge on any atom is -0.253 e. The van der Waals surface area contributed by atoms with Crippen molar-refractivity contribution in [2.75, 3.05) is 6.61 Å². The van der Waals surface area contributed by atoms with Crippen LogP contribution in [0.1, 0.15) is 26.7 Å². The van der Waals surface area contributed by atoms with Crippen LogP contribution >= 0.6 is 34.8 Å². The van der Waals surface area contributed by atoms with Crippen molar-refractivity contribution < 1.29 is 12.6 Å². The van der Waals surface area contributed by atoms with Crippen LogP contribution in [-0.4, -0.2) is 35.2 Å². The number of alkyl halides is 3. The fraction of sp³-hybridized carbons (Fsp3) is 1.00. The summed E-state index contributed by atoms with van der Waals surface area (Å²) in [5, 5.41) is 0. The fourth-order valence-corrected chi connectivity index (χ4v) is 3.74. The van der Waals surface area contributed by atoms with E-state index in [1.165, 1.54) is 4.31 Å². The van der Waals surface area contributed by atoms with E-state index in [-0.39, 0.29) is 12.1 Å². The Labute approximate surface area is 111 Å². The molecular formula is C8H14Cl3NO3S. The summed E-state index contributed by atoms with van der Waals surface area (Å²) >= 11 is 16.3. The van der Waals surface area contributed by atoms with Gasteiger partial charge in [0, 0.05) is 12.1 Å². The number of hydrogen-bond acceptors (Lipinski definition) is 3. The highest BCUT2D eigenvalue weighted by Crippen LogP contribution is 2.38. The molecule has 16 heavy (non-hydrogen) atoms. The van der Waals surface area contributed by atoms with Gasteiger partial charge in [0.2, 0.25) is 3.79 Å². The van der Waals surface area contributed by atoms with Gasteiger partial charge in [0.25, 0.3) is 0 Å². The van der Waals surface area contributed by atoms with Crippen molar-refractivity contribution >= 4 is 45.1 Å². The van der Waals surface area contributed by atoms with Crippen LogP contribution in [0.2, 0.25) is 0 Å². The molecule has 0 radical (unpaired) electrons. The third kappa shape index (κ3) is 3.62. The second-order valence-corrected chi connectivity index (χ2v) is 7.65. The van der Waals surface area contributed by atoms with Crippen LogP contribution in [0.15, 0.2) is 0 Å². The molecule has 96 valence electrons. The van der Waals surface area contributed by atoms with Gasteiger partial charge in [-0.25, -0.2) is 0 Å². The van der Waals surface area contributed by atoms with E-state index in [1.807, 2.05) is 13.8 Å². The molecule has 1 aliphatic rings. The highest BCUT2D eigenvalue weighted by molar-refractivity contribution is 7.84. The summed E-state index contributed by atoms with van der Waals surface area (Å²) in [5.41, 5.74) is 0. The van der Waals surface area contributed by atoms with Gasteiger partial charge in [0.1, 0.15) is 6.61 Å². The Bertz CT molecular complexity index is 331. The largest absolute Gasteiger partial charge is 0.339 e. The fourth-order valence-electron chi connectivity index (χ4n) is 1.75. The van der Waals surface area contributed by atoms with E-state index < -0.39 is 20.7 Å². The van der Waals surface area contributed by atoms with E-state index in [0.717, 1.165) is 12.8 Å². The quantitative estimate of drug-likeness (QED) is 0.579. The van der Waals surface area contributed by atoms with Gasteiger partial charge in [0.05, 0.1) is 0 Å². The van der Waals surface area contributed by atoms with Crippen LogP contribution in [0.3, 0.4) is 0 Å². The summed E-state index contributed by atoms with van der Waals surface area (Å²) in [6.45, 7) is 3.39. The average Bonchev–Trinajstić information content (AvgIpc) is 2.88. The van der Waals surface area contributed by atoms with Crippen molar-refractivity contribution in [3.05, 3.63) is 0 Å². The molecule has 0 aromatic carbocycles. The first-order chi connectivity index (χ1) is 7.23. The smallest absolute Gasteiger partial charge is 0.253 e. The van der Waals surface area contributed by atoms with E-state index in [2.05, 4.69) is 4.18 Å². The van der Waals surface area contributed by atoms with Crippen molar-refractivity contribution in [3.63, 3.8) is 0 Å². The molecule has 4 nitrogen and oxygen atoms in total. The maximum Gasteiger partial charge on any atom is 0.339 e. The summed E-state index contributed by atoms with van der Waals surface area (Å²) in [6, 6.07) is 0.0377. The number of hydrogen-bond donors (Lipinski definition) is 0. The number of rotatable bonds is 5. The third-order valence-corrected chi connectivity index (χ3v) is 4.28. The van der Waals surface area contributed by atoms with Gasteiger partial charge in [0.15, 0.2) is 0 Å². The lowest BCUT2D eigenvalue weighted by molar-refractivity contribution is 0.302. The lowest BCUT2D eigenvalue weighted by atomic mass is 10.2. The van der Waals surface area contributed by atoms with E-state index in [0.29, 0.717) is 0 Å². The predicted molar refractivity (Wildman–Crippen MR) is 65.2 cm³/mol. The predicted octanol–water partition coefficient (Wildman–Crippen LogP) is 2.49. The van der Waals surface area contributed by atoms with Crippen molar-refractivity contribution in [1.82, 2.24) is 4.31 Å². The van der Waals surface area contributed by atoms with E-state index in [1.54, 1.807) is 0 Å².